The standard InChI is InChI=1S/C15H22ClNOS/c1-10(2)12-6-8-17(9-7-12)11(3)15(18)13-4-5-14(16)19-13/h4-5,10-12H,6-9H2,1-3H3. The van der Waals surface area contributed by atoms with Crippen LogP contribution in [-0.4, -0.2) is 29.8 Å². The molecule has 1 saturated heterocycles. The lowest BCUT2D eigenvalue weighted by Crippen LogP contribution is -2.44. The Labute approximate surface area is 124 Å². The van der Waals surface area contributed by atoms with Gasteiger partial charge in [-0.1, -0.05) is 25.4 Å². The molecule has 1 aromatic heterocycles. The quantitative estimate of drug-likeness (QED) is 0.771. The van der Waals surface area contributed by atoms with Crippen molar-refractivity contribution in [3.05, 3.63) is 21.3 Å². The van der Waals surface area contributed by atoms with Crippen LogP contribution in [0.3, 0.4) is 0 Å². The number of hydrogen-bond acceptors (Lipinski definition) is 3. The molecule has 0 spiro atoms. The van der Waals surface area contributed by atoms with E-state index in [0.717, 1.165) is 29.8 Å². The minimum Gasteiger partial charge on any atom is -0.293 e. The Balaban J connectivity index is 1.94. The third kappa shape index (κ3) is 3.59. The number of likely N-dealkylation sites (tertiary alicyclic amines) is 1. The van der Waals surface area contributed by atoms with Gasteiger partial charge in [0.05, 0.1) is 15.3 Å². The Bertz CT molecular complexity index is 435. The molecule has 1 aliphatic heterocycles. The van der Waals surface area contributed by atoms with E-state index in [1.807, 2.05) is 13.0 Å². The van der Waals surface area contributed by atoms with E-state index >= 15 is 0 Å². The van der Waals surface area contributed by atoms with Gasteiger partial charge in [0, 0.05) is 0 Å². The smallest absolute Gasteiger partial charge is 0.189 e. The van der Waals surface area contributed by atoms with Crippen LogP contribution >= 0.6 is 22.9 Å². The highest BCUT2D eigenvalue weighted by Crippen LogP contribution is 2.28. The molecule has 0 aromatic carbocycles. The zero-order valence-corrected chi connectivity index (χ0v) is 13.4. The van der Waals surface area contributed by atoms with E-state index in [4.69, 9.17) is 11.6 Å². The lowest BCUT2D eigenvalue weighted by Gasteiger charge is -2.36. The molecule has 19 heavy (non-hydrogen) atoms. The molecule has 1 atom stereocenters. The van der Waals surface area contributed by atoms with Gasteiger partial charge in [0.25, 0.3) is 0 Å². The second kappa shape index (κ2) is 6.38. The molecule has 1 aromatic rings. The Morgan fingerprint density at radius 3 is 2.42 bits per heavy atom. The van der Waals surface area contributed by atoms with E-state index in [0.29, 0.717) is 4.34 Å². The van der Waals surface area contributed by atoms with Gasteiger partial charge in [0.1, 0.15) is 0 Å². The van der Waals surface area contributed by atoms with Gasteiger partial charge in [-0.25, -0.2) is 0 Å². The lowest BCUT2D eigenvalue weighted by molar-refractivity contribution is 0.0747. The minimum absolute atomic E-state index is 0.0252. The molecule has 0 aliphatic carbocycles. The van der Waals surface area contributed by atoms with Crippen LogP contribution in [0.5, 0.6) is 0 Å². The van der Waals surface area contributed by atoms with Crippen LogP contribution in [0, 0.1) is 11.8 Å². The molecule has 2 nitrogen and oxygen atoms in total. The average molecular weight is 300 g/mol. The summed E-state index contributed by atoms with van der Waals surface area (Å²) < 4.78 is 0.689. The molecule has 0 saturated carbocycles. The molecule has 2 rings (SSSR count). The van der Waals surface area contributed by atoms with Gasteiger partial charge in [-0.15, -0.1) is 11.3 Å². The van der Waals surface area contributed by atoms with Crippen molar-refractivity contribution in [1.82, 2.24) is 4.90 Å². The first kappa shape index (κ1) is 15.0. The molecule has 0 amide bonds. The summed E-state index contributed by atoms with van der Waals surface area (Å²) in [7, 11) is 0. The first-order valence-corrected chi connectivity index (χ1v) is 8.22. The number of Topliss-reactive ketones (excluding diaryl/α,β-unsaturated/α-hetero) is 1. The summed E-state index contributed by atoms with van der Waals surface area (Å²) in [5.41, 5.74) is 0. The zero-order valence-electron chi connectivity index (χ0n) is 11.9. The molecule has 1 fully saturated rings. The Kier molecular flexibility index (Phi) is 5.04. The number of halogens is 1. The maximum absolute atomic E-state index is 12.4. The highest BCUT2D eigenvalue weighted by Gasteiger charge is 2.28. The molecule has 0 bridgehead atoms. The van der Waals surface area contributed by atoms with E-state index in [-0.39, 0.29) is 11.8 Å². The second-order valence-corrected chi connectivity index (χ2v) is 7.48. The largest absolute Gasteiger partial charge is 0.293 e. The molecule has 1 aliphatic rings. The van der Waals surface area contributed by atoms with Crippen molar-refractivity contribution in [2.45, 2.75) is 39.7 Å². The van der Waals surface area contributed by atoms with Crippen LogP contribution in [0.1, 0.15) is 43.3 Å². The SMILES string of the molecule is CC(C)C1CCN(C(C)C(=O)c2ccc(Cl)s2)CC1. The van der Waals surface area contributed by atoms with Crippen LogP contribution in [-0.2, 0) is 0 Å². The summed E-state index contributed by atoms with van der Waals surface area (Å²) in [6, 6.07) is 3.62. The number of nitrogens with zero attached hydrogens (tertiary/aromatic N) is 1. The van der Waals surface area contributed by atoms with Gasteiger partial charge in [0.15, 0.2) is 5.78 Å². The van der Waals surface area contributed by atoms with Crippen molar-refractivity contribution in [3.8, 4) is 0 Å². The molecular formula is C15H22ClNOS. The summed E-state index contributed by atoms with van der Waals surface area (Å²) in [4.78, 5) is 15.5. The van der Waals surface area contributed by atoms with E-state index in [2.05, 4.69) is 18.7 Å². The van der Waals surface area contributed by atoms with Gasteiger partial charge in [-0.2, -0.15) is 0 Å². The van der Waals surface area contributed by atoms with Crippen molar-refractivity contribution in [1.29, 1.82) is 0 Å². The van der Waals surface area contributed by atoms with Crippen molar-refractivity contribution >= 4 is 28.7 Å². The number of ketones is 1. The molecule has 4 heteroatoms. The van der Waals surface area contributed by atoms with E-state index < -0.39 is 0 Å². The maximum atomic E-state index is 12.4. The van der Waals surface area contributed by atoms with Crippen LogP contribution in [0.4, 0.5) is 0 Å². The van der Waals surface area contributed by atoms with E-state index in [9.17, 15) is 4.79 Å². The molecule has 1 unspecified atom stereocenters. The fraction of sp³-hybridized carbons (Fsp3) is 0.667. The highest BCUT2D eigenvalue weighted by molar-refractivity contribution is 7.18. The lowest BCUT2D eigenvalue weighted by atomic mass is 9.86. The normalized spacial score (nSPS) is 19.8. The molecule has 0 N–H and O–H groups in total. The molecule has 0 radical (unpaired) electrons. The van der Waals surface area contributed by atoms with E-state index in [1.165, 1.54) is 24.2 Å². The van der Waals surface area contributed by atoms with Gasteiger partial charge in [-0.3, -0.25) is 9.69 Å². The van der Waals surface area contributed by atoms with Crippen LogP contribution in [0.25, 0.3) is 0 Å². The topological polar surface area (TPSA) is 20.3 Å². The Hall–Kier alpha value is -0.380. The van der Waals surface area contributed by atoms with Crippen LogP contribution < -0.4 is 0 Å². The second-order valence-electron chi connectivity index (χ2n) is 5.76. The number of piperidine rings is 1. The van der Waals surface area contributed by atoms with Gasteiger partial charge in [0.2, 0.25) is 0 Å². The van der Waals surface area contributed by atoms with Gasteiger partial charge < -0.3 is 0 Å². The fourth-order valence-corrected chi connectivity index (χ4v) is 3.86. The maximum Gasteiger partial charge on any atom is 0.189 e. The monoisotopic (exact) mass is 299 g/mol. The highest BCUT2D eigenvalue weighted by atomic mass is 35.5. The summed E-state index contributed by atoms with van der Waals surface area (Å²) >= 11 is 7.28. The number of hydrogen-bond donors (Lipinski definition) is 0. The first-order valence-electron chi connectivity index (χ1n) is 7.02. The zero-order chi connectivity index (χ0) is 14.0. The predicted molar refractivity (Wildman–Crippen MR) is 82.3 cm³/mol. The number of rotatable bonds is 4. The third-order valence-corrected chi connectivity index (χ3v) is 5.51. The van der Waals surface area contributed by atoms with Gasteiger partial charge in [-0.05, 0) is 56.8 Å². The van der Waals surface area contributed by atoms with Crippen molar-refractivity contribution in [2.24, 2.45) is 11.8 Å². The van der Waals surface area contributed by atoms with Crippen molar-refractivity contribution < 1.29 is 4.79 Å². The molecule has 2 heterocycles. The van der Waals surface area contributed by atoms with Crippen molar-refractivity contribution in [2.75, 3.05) is 13.1 Å². The molecule has 106 valence electrons. The Morgan fingerprint density at radius 1 is 1.32 bits per heavy atom. The van der Waals surface area contributed by atoms with Crippen LogP contribution in [0.15, 0.2) is 12.1 Å². The molecular weight excluding hydrogens is 278 g/mol. The van der Waals surface area contributed by atoms with Crippen LogP contribution in [0.2, 0.25) is 4.34 Å². The summed E-state index contributed by atoms with van der Waals surface area (Å²) in [5, 5.41) is 0. The number of carbonyl (C=O) groups is 1. The minimum atomic E-state index is -0.0252. The van der Waals surface area contributed by atoms with Crippen molar-refractivity contribution in [3.63, 3.8) is 0 Å². The first-order chi connectivity index (χ1) is 8.99. The Morgan fingerprint density at radius 2 is 1.95 bits per heavy atom. The summed E-state index contributed by atoms with van der Waals surface area (Å²) in [5.74, 6) is 1.78. The summed E-state index contributed by atoms with van der Waals surface area (Å²) in [6.45, 7) is 8.68. The summed E-state index contributed by atoms with van der Waals surface area (Å²) in [6.07, 6.45) is 2.42. The van der Waals surface area contributed by atoms with E-state index in [1.54, 1.807) is 6.07 Å². The number of carbonyl (C=O) groups excluding carboxylic acids is 1. The fourth-order valence-electron chi connectivity index (χ4n) is 2.79. The number of thiophene rings is 1. The average Bonchev–Trinajstić information content (AvgIpc) is 2.84. The third-order valence-electron chi connectivity index (χ3n) is 4.26. The van der Waals surface area contributed by atoms with Gasteiger partial charge >= 0.3 is 0 Å². The predicted octanol–water partition coefficient (Wildman–Crippen LogP) is 4.34.